The van der Waals surface area contributed by atoms with Gasteiger partial charge in [0.1, 0.15) is 0 Å². The number of nitrogens with zero attached hydrogens (tertiary/aromatic N) is 1. The Hall–Kier alpha value is -2.74. The van der Waals surface area contributed by atoms with E-state index in [1.165, 1.54) is 36.4 Å². The Morgan fingerprint density at radius 1 is 1.17 bits per heavy atom. The van der Waals surface area contributed by atoms with Crippen molar-refractivity contribution in [2.45, 2.75) is 17.9 Å². The van der Waals surface area contributed by atoms with Gasteiger partial charge in [0.25, 0.3) is 11.6 Å². The molecule has 7 nitrogen and oxygen atoms in total. The molecule has 2 aromatic rings. The van der Waals surface area contributed by atoms with Gasteiger partial charge in [0.05, 0.1) is 15.9 Å². The topological polar surface area (TPSA) is 106 Å². The third-order valence-corrected chi connectivity index (χ3v) is 4.60. The summed E-state index contributed by atoms with van der Waals surface area (Å²) in [5.74, 6) is -0.446. The molecule has 0 fully saturated rings. The molecule has 0 saturated carbocycles. The Kier molecular flexibility index (Phi) is 4.99. The van der Waals surface area contributed by atoms with Gasteiger partial charge in [-0.2, -0.15) is 0 Å². The average Bonchev–Trinajstić information content (AvgIpc) is 2.54. The van der Waals surface area contributed by atoms with Crippen LogP contribution in [0.3, 0.4) is 0 Å². The van der Waals surface area contributed by atoms with Crippen LogP contribution in [-0.2, 0) is 9.84 Å². The van der Waals surface area contributed by atoms with E-state index >= 15 is 0 Å². The van der Waals surface area contributed by atoms with Gasteiger partial charge in [-0.1, -0.05) is 18.2 Å². The minimum Gasteiger partial charge on any atom is -0.346 e. The maximum atomic E-state index is 12.2. The number of non-ortho nitro benzene ring substituents is 1. The molecule has 1 N–H and O–H groups in total. The van der Waals surface area contributed by atoms with E-state index in [9.17, 15) is 23.3 Å². The van der Waals surface area contributed by atoms with Crippen LogP contribution in [0.1, 0.15) is 28.9 Å². The summed E-state index contributed by atoms with van der Waals surface area (Å²) in [5, 5.41) is 13.5. The number of nitro benzene ring substituents is 1. The van der Waals surface area contributed by atoms with Gasteiger partial charge < -0.3 is 5.32 Å². The zero-order valence-electron chi connectivity index (χ0n) is 13.1. The Morgan fingerprint density at radius 3 is 2.33 bits per heavy atom. The lowest BCUT2D eigenvalue weighted by atomic mass is 10.1. The monoisotopic (exact) mass is 348 g/mol. The van der Waals surface area contributed by atoms with Crippen LogP contribution in [0.4, 0.5) is 5.69 Å². The zero-order valence-corrected chi connectivity index (χ0v) is 13.9. The third-order valence-electron chi connectivity index (χ3n) is 3.48. The van der Waals surface area contributed by atoms with Gasteiger partial charge in [0.15, 0.2) is 9.84 Å². The number of hydrogen-bond acceptors (Lipinski definition) is 5. The van der Waals surface area contributed by atoms with E-state index in [1.807, 2.05) is 0 Å². The first-order valence-electron chi connectivity index (χ1n) is 7.04. The third kappa shape index (κ3) is 4.17. The van der Waals surface area contributed by atoms with Crippen molar-refractivity contribution in [1.82, 2.24) is 5.32 Å². The summed E-state index contributed by atoms with van der Waals surface area (Å²) in [7, 11) is -3.28. The van der Waals surface area contributed by atoms with Gasteiger partial charge >= 0.3 is 0 Å². The maximum Gasteiger partial charge on any atom is 0.270 e. The predicted octanol–water partition coefficient (Wildman–Crippen LogP) is 2.49. The minimum atomic E-state index is -3.28. The van der Waals surface area contributed by atoms with Crippen molar-refractivity contribution < 1.29 is 18.1 Å². The number of carbonyl (C=O) groups is 1. The molecule has 1 atom stereocenters. The highest BCUT2D eigenvalue weighted by molar-refractivity contribution is 7.90. The molecule has 1 amide bonds. The summed E-state index contributed by atoms with van der Waals surface area (Å²) in [6.07, 6.45) is 1.12. The Labute approximate surface area is 139 Å². The van der Waals surface area contributed by atoms with Crippen molar-refractivity contribution in [2.75, 3.05) is 6.26 Å². The zero-order chi connectivity index (χ0) is 17.9. The van der Waals surface area contributed by atoms with Crippen molar-refractivity contribution in [2.24, 2.45) is 0 Å². The highest BCUT2D eigenvalue weighted by Gasteiger charge is 2.15. The number of amides is 1. The fourth-order valence-electron chi connectivity index (χ4n) is 2.13. The second-order valence-corrected chi connectivity index (χ2v) is 7.36. The molecule has 0 aromatic heterocycles. The van der Waals surface area contributed by atoms with Crippen LogP contribution in [0, 0.1) is 10.1 Å². The second-order valence-electron chi connectivity index (χ2n) is 5.34. The molecule has 1 unspecified atom stereocenters. The number of sulfone groups is 1. The maximum absolute atomic E-state index is 12.2. The molecule has 0 saturated heterocycles. The van der Waals surface area contributed by atoms with Gasteiger partial charge in [0, 0.05) is 24.0 Å². The highest BCUT2D eigenvalue weighted by atomic mass is 32.2. The number of hydrogen-bond donors (Lipinski definition) is 1. The first-order valence-corrected chi connectivity index (χ1v) is 8.93. The standard InChI is InChI=1S/C16H16N2O5S/c1-11(12-6-8-15(9-7-12)24(2,22)23)17-16(19)13-4-3-5-14(10-13)18(20)21/h3-11H,1-2H3,(H,17,19). The van der Waals surface area contributed by atoms with Gasteiger partial charge in [-0.25, -0.2) is 8.42 Å². The van der Waals surface area contributed by atoms with Crippen molar-refractivity contribution in [1.29, 1.82) is 0 Å². The van der Waals surface area contributed by atoms with Crippen molar-refractivity contribution in [3.05, 3.63) is 69.8 Å². The van der Waals surface area contributed by atoms with Gasteiger partial charge in [-0.3, -0.25) is 14.9 Å². The molecule has 0 spiro atoms. The average molecular weight is 348 g/mol. The highest BCUT2D eigenvalue weighted by Crippen LogP contribution is 2.18. The van der Waals surface area contributed by atoms with Crippen LogP contribution < -0.4 is 5.32 Å². The Morgan fingerprint density at radius 2 is 1.79 bits per heavy atom. The van der Waals surface area contributed by atoms with Crippen LogP contribution in [0.5, 0.6) is 0 Å². The summed E-state index contributed by atoms with van der Waals surface area (Å²) >= 11 is 0. The van der Waals surface area contributed by atoms with Crippen LogP contribution in [0.25, 0.3) is 0 Å². The fraction of sp³-hybridized carbons (Fsp3) is 0.188. The van der Waals surface area contributed by atoms with Crippen LogP contribution >= 0.6 is 0 Å². The van der Waals surface area contributed by atoms with Crippen LogP contribution in [0.15, 0.2) is 53.4 Å². The lowest BCUT2D eigenvalue weighted by Gasteiger charge is -2.14. The number of carbonyl (C=O) groups excluding carboxylic acids is 1. The van der Waals surface area contributed by atoms with E-state index in [0.29, 0.717) is 0 Å². The number of nitro groups is 1. The van der Waals surface area contributed by atoms with E-state index in [0.717, 1.165) is 11.8 Å². The van der Waals surface area contributed by atoms with E-state index in [4.69, 9.17) is 0 Å². The summed E-state index contributed by atoms with van der Waals surface area (Å²) in [6.45, 7) is 1.74. The molecule has 0 aliphatic carbocycles. The lowest BCUT2D eigenvalue weighted by Crippen LogP contribution is -2.26. The summed E-state index contributed by atoms with van der Waals surface area (Å²) < 4.78 is 22.9. The SMILES string of the molecule is CC(NC(=O)c1cccc([N+](=O)[O-])c1)c1ccc(S(C)(=O)=O)cc1. The van der Waals surface area contributed by atoms with E-state index in [-0.39, 0.29) is 22.2 Å². The summed E-state index contributed by atoms with van der Waals surface area (Å²) in [4.78, 5) is 22.6. The molecule has 24 heavy (non-hydrogen) atoms. The molecular formula is C16H16N2O5S. The van der Waals surface area contributed by atoms with Crippen molar-refractivity contribution >= 4 is 21.4 Å². The fourth-order valence-corrected chi connectivity index (χ4v) is 2.76. The van der Waals surface area contributed by atoms with Gasteiger partial charge in [-0.15, -0.1) is 0 Å². The van der Waals surface area contributed by atoms with Crippen molar-refractivity contribution in [3.8, 4) is 0 Å². The van der Waals surface area contributed by atoms with E-state index < -0.39 is 20.7 Å². The van der Waals surface area contributed by atoms with Crippen LogP contribution in [0.2, 0.25) is 0 Å². The molecule has 126 valence electrons. The number of nitrogens with one attached hydrogen (secondary N) is 1. The van der Waals surface area contributed by atoms with Crippen molar-refractivity contribution in [3.63, 3.8) is 0 Å². The van der Waals surface area contributed by atoms with E-state index in [2.05, 4.69) is 5.32 Å². The first kappa shape index (κ1) is 17.6. The summed E-state index contributed by atoms with van der Waals surface area (Å²) in [6, 6.07) is 11.2. The quantitative estimate of drug-likeness (QED) is 0.660. The number of benzene rings is 2. The normalized spacial score (nSPS) is 12.4. The second kappa shape index (κ2) is 6.79. The number of rotatable bonds is 5. The smallest absolute Gasteiger partial charge is 0.270 e. The van der Waals surface area contributed by atoms with Gasteiger partial charge in [0.2, 0.25) is 0 Å². The molecule has 2 aromatic carbocycles. The lowest BCUT2D eigenvalue weighted by molar-refractivity contribution is -0.384. The predicted molar refractivity (Wildman–Crippen MR) is 88.5 cm³/mol. The van der Waals surface area contributed by atoms with Gasteiger partial charge in [-0.05, 0) is 30.7 Å². The Balaban J connectivity index is 2.14. The first-order chi connectivity index (χ1) is 11.2. The Bertz CT molecular complexity index is 876. The largest absolute Gasteiger partial charge is 0.346 e. The van der Waals surface area contributed by atoms with E-state index in [1.54, 1.807) is 19.1 Å². The molecule has 0 bridgehead atoms. The summed E-state index contributed by atoms with van der Waals surface area (Å²) in [5.41, 5.74) is 0.748. The molecule has 0 aliphatic heterocycles. The molecule has 2 rings (SSSR count). The molecule has 0 radical (unpaired) electrons. The molecule has 0 aliphatic rings. The van der Waals surface area contributed by atoms with Crippen LogP contribution in [-0.4, -0.2) is 25.5 Å². The molecule has 8 heteroatoms. The molecular weight excluding hydrogens is 332 g/mol. The molecule has 0 heterocycles. The minimum absolute atomic E-state index is 0.159.